The van der Waals surface area contributed by atoms with E-state index < -0.39 is 0 Å². The van der Waals surface area contributed by atoms with Gasteiger partial charge in [-0.15, -0.1) is 0 Å². The molecule has 0 fully saturated rings. The Morgan fingerprint density at radius 2 is 1.59 bits per heavy atom. The molecule has 0 aliphatic heterocycles. The van der Waals surface area contributed by atoms with Gasteiger partial charge < -0.3 is 15.1 Å². The van der Waals surface area contributed by atoms with E-state index in [0.717, 1.165) is 37.9 Å². The van der Waals surface area contributed by atoms with Gasteiger partial charge in [0, 0.05) is 13.2 Å². The lowest BCUT2D eigenvalue weighted by Crippen LogP contribution is -2.19. The molecular weight excluding hydrogens is 214 g/mol. The fraction of sp³-hybridized carbons (Fsp3) is 0.571. The molecule has 17 heavy (non-hydrogen) atoms. The van der Waals surface area contributed by atoms with Gasteiger partial charge in [-0.3, -0.25) is 0 Å². The summed E-state index contributed by atoms with van der Waals surface area (Å²) in [7, 11) is 2.11. The Balaban J connectivity index is 2.26. The standard InChI is InChI=1S/C14H23NO2/c1-15(9-3-2-4-10-16)11-13-5-7-14(12-17)8-6-13/h5-8,16-17H,2-4,9-12H2,1H3. The first-order valence-corrected chi connectivity index (χ1v) is 6.24. The molecule has 0 saturated carbocycles. The van der Waals surface area contributed by atoms with Crippen LogP contribution in [0.5, 0.6) is 0 Å². The minimum Gasteiger partial charge on any atom is -0.396 e. The molecule has 3 nitrogen and oxygen atoms in total. The number of aliphatic hydroxyl groups is 2. The van der Waals surface area contributed by atoms with E-state index in [2.05, 4.69) is 24.1 Å². The molecule has 0 saturated heterocycles. The van der Waals surface area contributed by atoms with E-state index in [-0.39, 0.29) is 6.61 Å². The summed E-state index contributed by atoms with van der Waals surface area (Å²) in [6, 6.07) is 8.06. The molecule has 0 atom stereocenters. The number of hydrogen-bond acceptors (Lipinski definition) is 3. The van der Waals surface area contributed by atoms with Gasteiger partial charge in [0.05, 0.1) is 6.61 Å². The number of nitrogens with zero attached hydrogens (tertiary/aromatic N) is 1. The van der Waals surface area contributed by atoms with Crippen molar-refractivity contribution in [2.75, 3.05) is 20.2 Å². The zero-order valence-electron chi connectivity index (χ0n) is 10.6. The maximum Gasteiger partial charge on any atom is 0.0681 e. The first kappa shape index (κ1) is 14.2. The van der Waals surface area contributed by atoms with Gasteiger partial charge in [0.25, 0.3) is 0 Å². The van der Waals surface area contributed by atoms with Crippen LogP contribution in [0, 0.1) is 0 Å². The van der Waals surface area contributed by atoms with Crippen molar-refractivity contribution < 1.29 is 10.2 Å². The molecule has 0 aliphatic rings. The molecule has 1 aromatic rings. The third-order valence-corrected chi connectivity index (χ3v) is 2.86. The second-order valence-electron chi connectivity index (χ2n) is 4.50. The van der Waals surface area contributed by atoms with E-state index in [9.17, 15) is 0 Å². The molecule has 0 aromatic heterocycles. The van der Waals surface area contributed by atoms with Crippen molar-refractivity contribution in [2.45, 2.75) is 32.4 Å². The van der Waals surface area contributed by atoms with Crippen LogP contribution in [0.25, 0.3) is 0 Å². The second-order valence-corrected chi connectivity index (χ2v) is 4.50. The zero-order chi connectivity index (χ0) is 12.5. The molecule has 0 aliphatic carbocycles. The van der Waals surface area contributed by atoms with Crippen LogP contribution in [0.2, 0.25) is 0 Å². The molecule has 3 heteroatoms. The summed E-state index contributed by atoms with van der Waals surface area (Å²) in [6.07, 6.45) is 3.12. The minimum absolute atomic E-state index is 0.108. The summed E-state index contributed by atoms with van der Waals surface area (Å²) in [5, 5.41) is 17.6. The number of rotatable bonds is 8. The van der Waals surface area contributed by atoms with Crippen LogP contribution in [0.15, 0.2) is 24.3 Å². The normalized spacial score (nSPS) is 11.1. The van der Waals surface area contributed by atoms with Crippen LogP contribution in [-0.4, -0.2) is 35.3 Å². The Bertz CT molecular complexity index is 298. The SMILES string of the molecule is CN(CCCCCO)Cc1ccc(CO)cc1. The monoisotopic (exact) mass is 237 g/mol. The molecule has 0 radical (unpaired) electrons. The summed E-state index contributed by atoms with van der Waals surface area (Å²) in [5.41, 5.74) is 2.23. The maximum absolute atomic E-state index is 8.95. The highest BCUT2D eigenvalue weighted by atomic mass is 16.3. The van der Waals surface area contributed by atoms with Crippen LogP contribution in [0.4, 0.5) is 0 Å². The number of hydrogen-bond donors (Lipinski definition) is 2. The summed E-state index contributed by atoms with van der Waals surface area (Å²) >= 11 is 0. The zero-order valence-corrected chi connectivity index (χ0v) is 10.6. The number of aliphatic hydroxyl groups excluding tert-OH is 2. The Labute approximate surface area is 104 Å². The third-order valence-electron chi connectivity index (χ3n) is 2.86. The Morgan fingerprint density at radius 1 is 0.941 bits per heavy atom. The van der Waals surface area contributed by atoms with Crippen LogP contribution in [0.1, 0.15) is 30.4 Å². The van der Waals surface area contributed by atoms with E-state index in [1.54, 1.807) is 0 Å². The Morgan fingerprint density at radius 3 is 2.18 bits per heavy atom. The number of unbranched alkanes of at least 4 members (excludes halogenated alkanes) is 2. The predicted octanol–water partition coefficient (Wildman–Crippen LogP) is 1.77. The highest BCUT2D eigenvalue weighted by Gasteiger charge is 2.00. The predicted molar refractivity (Wildman–Crippen MR) is 69.6 cm³/mol. The quantitative estimate of drug-likeness (QED) is 0.677. The van der Waals surface area contributed by atoms with Crippen LogP contribution in [0.3, 0.4) is 0 Å². The van der Waals surface area contributed by atoms with Gasteiger partial charge in [-0.2, -0.15) is 0 Å². The molecule has 0 spiro atoms. The van der Waals surface area contributed by atoms with Crippen molar-refractivity contribution in [3.63, 3.8) is 0 Å². The average Bonchev–Trinajstić information content (AvgIpc) is 2.36. The van der Waals surface area contributed by atoms with Gasteiger partial charge >= 0.3 is 0 Å². The third kappa shape index (κ3) is 5.82. The van der Waals surface area contributed by atoms with Crippen molar-refractivity contribution in [1.82, 2.24) is 4.90 Å². The second kappa shape index (κ2) is 8.23. The first-order chi connectivity index (χ1) is 8.26. The molecule has 1 rings (SSSR count). The Hall–Kier alpha value is -0.900. The highest BCUT2D eigenvalue weighted by molar-refractivity contribution is 5.21. The lowest BCUT2D eigenvalue weighted by Gasteiger charge is -2.16. The van der Waals surface area contributed by atoms with Crippen molar-refractivity contribution in [3.8, 4) is 0 Å². The molecule has 96 valence electrons. The largest absolute Gasteiger partial charge is 0.396 e. The molecular formula is C14H23NO2. The highest BCUT2D eigenvalue weighted by Crippen LogP contribution is 2.07. The molecule has 0 bridgehead atoms. The molecule has 1 aromatic carbocycles. The van der Waals surface area contributed by atoms with Gasteiger partial charge in [0.15, 0.2) is 0 Å². The summed E-state index contributed by atoms with van der Waals surface area (Å²) < 4.78 is 0. The van der Waals surface area contributed by atoms with Crippen LogP contribution in [-0.2, 0) is 13.2 Å². The van der Waals surface area contributed by atoms with Crippen molar-refractivity contribution in [3.05, 3.63) is 35.4 Å². The minimum atomic E-state index is 0.108. The van der Waals surface area contributed by atoms with E-state index in [1.165, 1.54) is 5.56 Å². The number of benzene rings is 1. The lowest BCUT2D eigenvalue weighted by molar-refractivity contribution is 0.271. The smallest absolute Gasteiger partial charge is 0.0681 e. The molecule has 0 unspecified atom stereocenters. The van der Waals surface area contributed by atoms with Crippen molar-refractivity contribution >= 4 is 0 Å². The van der Waals surface area contributed by atoms with Crippen molar-refractivity contribution in [1.29, 1.82) is 0 Å². The van der Waals surface area contributed by atoms with E-state index >= 15 is 0 Å². The fourth-order valence-corrected chi connectivity index (χ4v) is 1.81. The topological polar surface area (TPSA) is 43.7 Å². The van der Waals surface area contributed by atoms with Crippen LogP contribution >= 0.6 is 0 Å². The van der Waals surface area contributed by atoms with Gasteiger partial charge in [-0.05, 0) is 44.0 Å². The first-order valence-electron chi connectivity index (χ1n) is 6.24. The molecule has 0 heterocycles. The van der Waals surface area contributed by atoms with Gasteiger partial charge in [-0.1, -0.05) is 24.3 Å². The van der Waals surface area contributed by atoms with Crippen LogP contribution < -0.4 is 0 Å². The van der Waals surface area contributed by atoms with Crippen molar-refractivity contribution in [2.24, 2.45) is 0 Å². The summed E-state index contributed by atoms with van der Waals surface area (Å²) in [6.45, 7) is 2.40. The van der Waals surface area contributed by atoms with Gasteiger partial charge in [0.2, 0.25) is 0 Å². The Kier molecular flexibility index (Phi) is 6.86. The summed E-state index contributed by atoms with van der Waals surface area (Å²) in [4.78, 5) is 2.28. The fourth-order valence-electron chi connectivity index (χ4n) is 1.81. The molecule has 2 N–H and O–H groups in total. The molecule has 0 amide bonds. The lowest BCUT2D eigenvalue weighted by atomic mass is 10.1. The van der Waals surface area contributed by atoms with Gasteiger partial charge in [0.1, 0.15) is 0 Å². The van der Waals surface area contributed by atoms with E-state index in [1.807, 2.05) is 12.1 Å². The summed E-state index contributed by atoms with van der Waals surface area (Å²) in [5.74, 6) is 0. The van der Waals surface area contributed by atoms with Gasteiger partial charge in [-0.25, -0.2) is 0 Å². The van der Waals surface area contributed by atoms with E-state index in [0.29, 0.717) is 6.61 Å². The van der Waals surface area contributed by atoms with E-state index in [4.69, 9.17) is 10.2 Å². The maximum atomic E-state index is 8.95. The average molecular weight is 237 g/mol.